The van der Waals surface area contributed by atoms with Gasteiger partial charge in [-0.05, 0) is 42.5 Å². The molecule has 1 aromatic heterocycles. The molecule has 1 aliphatic rings. The zero-order valence-corrected chi connectivity index (χ0v) is 18.4. The minimum absolute atomic E-state index is 0.100. The SMILES string of the molecule is COc1ccc(S(=O)(=O)N2CCCCCC2)cc1NC(=O)CNC(=O)c1cccs1. The van der Waals surface area contributed by atoms with Gasteiger partial charge in [-0.1, -0.05) is 18.9 Å². The molecule has 1 aromatic carbocycles. The maximum absolute atomic E-state index is 13.0. The molecule has 2 N–H and O–H groups in total. The van der Waals surface area contributed by atoms with E-state index in [4.69, 9.17) is 4.74 Å². The first-order chi connectivity index (χ1) is 14.4. The van der Waals surface area contributed by atoms with E-state index in [9.17, 15) is 18.0 Å². The van der Waals surface area contributed by atoms with Crippen molar-refractivity contribution in [2.75, 3.05) is 32.1 Å². The molecule has 0 saturated carbocycles. The molecule has 8 nitrogen and oxygen atoms in total. The molecule has 2 aromatic rings. The van der Waals surface area contributed by atoms with E-state index < -0.39 is 15.9 Å². The maximum Gasteiger partial charge on any atom is 0.261 e. The molecule has 0 bridgehead atoms. The number of ether oxygens (including phenoxy) is 1. The molecule has 10 heteroatoms. The Bertz CT molecular complexity index is 982. The lowest BCUT2D eigenvalue weighted by Crippen LogP contribution is -2.33. The number of hydrogen-bond donors (Lipinski definition) is 2. The summed E-state index contributed by atoms with van der Waals surface area (Å²) >= 11 is 1.28. The van der Waals surface area contributed by atoms with Crippen LogP contribution in [0.2, 0.25) is 0 Å². The molecule has 0 atom stereocenters. The van der Waals surface area contributed by atoms with E-state index in [0.717, 1.165) is 25.7 Å². The molecule has 1 saturated heterocycles. The Kier molecular flexibility index (Phi) is 7.46. The average Bonchev–Trinajstić information content (AvgIpc) is 3.13. The fourth-order valence-corrected chi connectivity index (χ4v) is 5.41. The van der Waals surface area contributed by atoms with E-state index in [1.165, 1.54) is 41.0 Å². The number of nitrogens with one attached hydrogen (secondary N) is 2. The van der Waals surface area contributed by atoms with Crippen LogP contribution in [-0.2, 0) is 14.8 Å². The second kappa shape index (κ2) is 10.1. The highest BCUT2D eigenvalue weighted by Crippen LogP contribution is 2.29. The van der Waals surface area contributed by atoms with E-state index in [-0.39, 0.29) is 23.0 Å². The summed E-state index contributed by atoms with van der Waals surface area (Å²) in [6.45, 7) is 0.735. The first-order valence-electron chi connectivity index (χ1n) is 9.71. The van der Waals surface area contributed by atoms with Gasteiger partial charge in [0.05, 0.1) is 29.1 Å². The van der Waals surface area contributed by atoms with Gasteiger partial charge in [0.2, 0.25) is 15.9 Å². The van der Waals surface area contributed by atoms with Crippen molar-refractivity contribution >= 4 is 38.9 Å². The third-order valence-corrected chi connectivity index (χ3v) is 7.57. The Hall–Kier alpha value is -2.43. The second-order valence-corrected chi connectivity index (χ2v) is 9.77. The summed E-state index contributed by atoms with van der Waals surface area (Å²) in [5.41, 5.74) is 0.240. The lowest BCUT2D eigenvalue weighted by Gasteiger charge is -2.21. The molecular weight excluding hydrogens is 426 g/mol. The number of hydrogen-bond acceptors (Lipinski definition) is 6. The van der Waals surface area contributed by atoms with E-state index in [1.807, 2.05) is 0 Å². The normalized spacial score (nSPS) is 15.2. The molecule has 0 spiro atoms. The van der Waals surface area contributed by atoms with Crippen LogP contribution < -0.4 is 15.4 Å². The summed E-state index contributed by atoms with van der Waals surface area (Å²) in [5, 5.41) is 6.94. The fourth-order valence-electron chi connectivity index (χ4n) is 3.23. The predicted molar refractivity (Wildman–Crippen MR) is 116 cm³/mol. The fraction of sp³-hybridized carbons (Fsp3) is 0.400. The number of nitrogens with zero attached hydrogens (tertiary/aromatic N) is 1. The number of rotatable bonds is 7. The van der Waals surface area contributed by atoms with Gasteiger partial charge in [0.25, 0.3) is 5.91 Å². The minimum atomic E-state index is -3.67. The number of benzene rings is 1. The molecule has 1 fully saturated rings. The Morgan fingerprint density at radius 2 is 1.87 bits per heavy atom. The molecule has 162 valence electrons. The lowest BCUT2D eigenvalue weighted by atomic mass is 10.2. The Labute approximate surface area is 180 Å². The highest BCUT2D eigenvalue weighted by Gasteiger charge is 2.26. The van der Waals surface area contributed by atoms with Crippen LogP contribution in [0, 0.1) is 0 Å². The molecular formula is C20H25N3O5S2. The average molecular weight is 452 g/mol. The Morgan fingerprint density at radius 3 is 2.50 bits per heavy atom. The van der Waals surface area contributed by atoms with Crippen molar-refractivity contribution in [2.45, 2.75) is 30.6 Å². The van der Waals surface area contributed by atoms with Gasteiger partial charge >= 0.3 is 0 Å². The van der Waals surface area contributed by atoms with Crippen molar-refractivity contribution in [1.82, 2.24) is 9.62 Å². The first kappa shape index (κ1) is 22.3. The maximum atomic E-state index is 13.0. The van der Waals surface area contributed by atoms with E-state index >= 15 is 0 Å². The van der Waals surface area contributed by atoms with Gasteiger partial charge < -0.3 is 15.4 Å². The monoisotopic (exact) mass is 451 g/mol. The topological polar surface area (TPSA) is 105 Å². The van der Waals surface area contributed by atoms with Gasteiger partial charge in [-0.15, -0.1) is 11.3 Å². The van der Waals surface area contributed by atoms with Gasteiger partial charge in [-0.2, -0.15) is 4.31 Å². The number of thiophene rings is 1. The third kappa shape index (κ3) is 5.38. The van der Waals surface area contributed by atoms with Crippen LogP contribution in [0.5, 0.6) is 5.75 Å². The van der Waals surface area contributed by atoms with Crippen molar-refractivity contribution in [3.05, 3.63) is 40.6 Å². The smallest absolute Gasteiger partial charge is 0.261 e. The summed E-state index contributed by atoms with van der Waals surface area (Å²) in [6, 6.07) is 7.81. The zero-order valence-electron chi connectivity index (χ0n) is 16.7. The molecule has 2 heterocycles. The number of carbonyl (C=O) groups excluding carboxylic acids is 2. The van der Waals surface area contributed by atoms with Gasteiger partial charge in [-0.3, -0.25) is 9.59 Å². The summed E-state index contributed by atoms with van der Waals surface area (Å²) < 4.78 is 32.8. The van der Waals surface area contributed by atoms with Gasteiger partial charge in [0.15, 0.2) is 0 Å². The standard InChI is InChI=1S/C20H25N3O5S2/c1-28-17-9-8-15(30(26,27)23-10-4-2-3-5-11-23)13-16(17)22-19(24)14-21-20(25)18-7-6-12-29-18/h6-9,12-13H,2-5,10-11,14H2,1H3,(H,21,25)(H,22,24). The van der Waals surface area contributed by atoms with Crippen molar-refractivity contribution in [3.63, 3.8) is 0 Å². The van der Waals surface area contributed by atoms with Gasteiger partial charge in [0, 0.05) is 13.1 Å². The van der Waals surface area contributed by atoms with Crippen LogP contribution >= 0.6 is 11.3 Å². The summed E-state index contributed by atoms with van der Waals surface area (Å²) in [4.78, 5) is 24.9. The summed E-state index contributed by atoms with van der Waals surface area (Å²) in [5.74, 6) is -0.491. The predicted octanol–water partition coefficient (Wildman–Crippen LogP) is 2.69. The first-order valence-corrected chi connectivity index (χ1v) is 12.0. The van der Waals surface area contributed by atoms with Crippen LogP contribution in [0.4, 0.5) is 5.69 Å². The highest BCUT2D eigenvalue weighted by molar-refractivity contribution is 7.89. The van der Waals surface area contributed by atoms with E-state index in [0.29, 0.717) is 23.7 Å². The Morgan fingerprint density at radius 1 is 1.13 bits per heavy atom. The Balaban J connectivity index is 1.72. The van der Waals surface area contributed by atoms with Crippen LogP contribution in [0.25, 0.3) is 0 Å². The number of amides is 2. The molecule has 0 unspecified atom stereocenters. The van der Waals surface area contributed by atoms with Crippen molar-refractivity contribution in [2.24, 2.45) is 0 Å². The number of carbonyl (C=O) groups is 2. The van der Waals surface area contributed by atoms with Crippen LogP contribution in [0.15, 0.2) is 40.6 Å². The molecule has 1 aliphatic heterocycles. The highest BCUT2D eigenvalue weighted by atomic mass is 32.2. The van der Waals surface area contributed by atoms with Gasteiger partial charge in [0.1, 0.15) is 5.75 Å². The number of sulfonamides is 1. The number of anilines is 1. The quantitative estimate of drug-likeness (QED) is 0.673. The van der Waals surface area contributed by atoms with Crippen molar-refractivity contribution in [3.8, 4) is 5.75 Å². The van der Waals surface area contributed by atoms with Crippen molar-refractivity contribution in [1.29, 1.82) is 0 Å². The van der Waals surface area contributed by atoms with Gasteiger partial charge in [-0.25, -0.2) is 8.42 Å². The van der Waals surface area contributed by atoms with Crippen LogP contribution in [0.3, 0.4) is 0 Å². The molecule has 3 rings (SSSR count). The minimum Gasteiger partial charge on any atom is -0.495 e. The summed E-state index contributed by atoms with van der Waals surface area (Å²) in [6.07, 6.45) is 3.71. The number of methoxy groups -OCH3 is 1. The largest absolute Gasteiger partial charge is 0.495 e. The summed E-state index contributed by atoms with van der Waals surface area (Å²) in [7, 11) is -2.23. The van der Waals surface area contributed by atoms with E-state index in [2.05, 4.69) is 10.6 Å². The third-order valence-electron chi connectivity index (χ3n) is 4.80. The van der Waals surface area contributed by atoms with Crippen LogP contribution in [0.1, 0.15) is 35.4 Å². The van der Waals surface area contributed by atoms with Crippen LogP contribution in [-0.4, -0.2) is 51.3 Å². The van der Waals surface area contributed by atoms with Crippen molar-refractivity contribution < 1.29 is 22.7 Å². The molecule has 0 aliphatic carbocycles. The lowest BCUT2D eigenvalue weighted by molar-refractivity contribution is -0.115. The van der Waals surface area contributed by atoms with E-state index in [1.54, 1.807) is 17.5 Å². The molecule has 30 heavy (non-hydrogen) atoms. The zero-order chi connectivity index (χ0) is 21.6. The molecule has 0 radical (unpaired) electrons. The second-order valence-electron chi connectivity index (χ2n) is 6.89. The molecule has 2 amide bonds.